The van der Waals surface area contributed by atoms with Crippen molar-refractivity contribution >= 4 is 5.96 Å². The van der Waals surface area contributed by atoms with E-state index < -0.39 is 0 Å². The van der Waals surface area contributed by atoms with Gasteiger partial charge in [0.15, 0.2) is 5.96 Å². The normalized spacial score (nSPS) is 18.5. The largest absolute Gasteiger partial charge is 0.381 e. The molecule has 1 aliphatic heterocycles. The maximum Gasteiger partial charge on any atom is 0.193 e. The second-order valence-corrected chi connectivity index (χ2v) is 6.49. The molecule has 0 unspecified atom stereocenters. The third-order valence-corrected chi connectivity index (χ3v) is 3.60. The molecule has 0 aromatic rings. The van der Waals surface area contributed by atoms with Crippen LogP contribution in [0.15, 0.2) is 4.99 Å². The SMILES string of the molecule is CCNC(=NCC(C)(C)CC1CCOCC1)N(C)C. The van der Waals surface area contributed by atoms with E-state index >= 15 is 0 Å². The smallest absolute Gasteiger partial charge is 0.193 e. The van der Waals surface area contributed by atoms with E-state index in [0.717, 1.165) is 38.2 Å². The number of nitrogens with one attached hydrogen (secondary N) is 1. The van der Waals surface area contributed by atoms with Gasteiger partial charge in [0.05, 0.1) is 0 Å². The molecule has 1 aliphatic rings. The highest BCUT2D eigenvalue weighted by Crippen LogP contribution is 2.31. The van der Waals surface area contributed by atoms with Gasteiger partial charge in [-0.05, 0) is 37.5 Å². The van der Waals surface area contributed by atoms with Gasteiger partial charge in [-0.3, -0.25) is 4.99 Å². The van der Waals surface area contributed by atoms with Crippen LogP contribution in [0.4, 0.5) is 0 Å². The molecule has 0 amide bonds. The number of guanidine groups is 1. The maximum absolute atomic E-state index is 5.43. The number of hydrogen-bond donors (Lipinski definition) is 1. The zero-order valence-corrected chi connectivity index (χ0v) is 13.3. The van der Waals surface area contributed by atoms with Gasteiger partial charge >= 0.3 is 0 Å². The summed E-state index contributed by atoms with van der Waals surface area (Å²) in [5.74, 6) is 1.79. The van der Waals surface area contributed by atoms with Gasteiger partial charge in [0.1, 0.15) is 0 Å². The van der Waals surface area contributed by atoms with Gasteiger partial charge in [0.2, 0.25) is 0 Å². The van der Waals surface area contributed by atoms with E-state index in [1.807, 2.05) is 19.0 Å². The molecule has 0 radical (unpaired) electrons. The first-order valence-corrected chi connectivity index (χ1v) is 7.48. The second-order valence-electron chi connectivity index (χ2n) is 6.49. The molecule has 0 aromatic carbocycles. The van der Waals surface area contributed by atoms with Crippen molar-refractivity contribution in [2.45, 2.75) is 40.0 Å². The monoisotopic (exact) mass is 269 g/mol. The van der Waals surface area contributed by atoms with Crippen LogP contribution in [-0.2, 0) is 4.74 Å². The highest BCUT2D eigenvalue weighted by Gasteiger charge is 2.25. The minimum atomic E-state index is 0.263. The van der Waals surface area contributed by atoms with Crippen LogP contribution in [-0.4, -0.2) is 51.3 Å². The lowest BCUT2D eigenvalue weighted by Gasteiger charge is -2.31. The molecular formula is C15H31N3O. The van der Waals surface area contributed by atoms with Crippen LogP contribution in [0, 0.1) is 11.3 Å². The molecular weight excluding hydrogens is 238 g/mol. The highest BCUT2D eigenvalue weighted by molar-refractivity contribution is 5.79. The van der Waals surface area contributed by atoms with Gasteiger partial charge < -0.3 is 15.0 Å². The van der Waals surface area contributed by atoms with Crippen molar-refractivity contribution in [3.05, 3.63) is 0 Å². The highest BCUT2D eigenvalue weighted by atomic mass is 16.5. The molecule has 0 bridgehead atoms. The summed E-state index contributed by atoms with van der Waals surface area (Å²) >= 11 is 0. The predicted molar refractivity (Wildman–Crippen MR) is 81.6 cm³/mol. The molecule has 1 heterocycles. The molecule has 0 saturated carbocycles. The molecule has 4 heteroatoms. The Hall–Kier alpha value is -0.770. The first-order valence-electron chi connectivity index (χ1n) is 7.48. The van der Waals surface area contributed by atoms with Crippen LogP contribution in [0.5, 0.6) is 0 Å². The maximum atomic E-state index is 5.43. The Kier molecular flexibility index (Phi) is 6.63. The molecule has 1 saturated heterocycles. The van der Waals surface area contributed by atoms with Gasteiger partial charge in [0, 0.05) is 40.4 Å². The quantitative estimate of drug-likeness (QED) is 0.615. The average molecular weight is 269 g/mol. The van der Waals surface area contributed by atoms with E-state index in [-0.39, 0.29) is 5.41 Å². The number of nitrogens with zero attached hydrogens (tertiary/aromatic N) is 2. The van der Waals surface area contributed by atoms with Gasteiger partial charge in [0.25, 0.3) is 0 Å². The third kappa shape index (κ3) is 6.28. The van der Waals surface area contributed by atoms with Crippen LogP contribution < -0.4 is 5.32 Å². The zero-order chi connectivity index (χ0) is 14.3. The van der Waals surface area contributed by atoms with E-state index in [0.29, 0.717) is 0 Å². The molecule has 0 aromatic heterocycles. The molecule has 1 fully saturated rings. The summed E-state index contributed by atoms with van der Waals surface area (Å²) < 4.78 is 5.43. The van der Waals surface area contributed by atoms with Crippen LogP contribution in [0.3, 0.4) is 0 Å². The third-order valence-electron chi connectivity index (χ3n) is 3.60. The van der Waals surface area contributed by atoms with Crippen molar-refractivity contribution in [1.29, 1.82) is 0 Å². The fourth-order valence-electron chi connectivity index (χ4n) is 2.60. The minimum absolute atomic E-state index is 0.263. The van der Waals surface area contributed by atoms with E-state index in [2.05, 4.69) is 26.1 Å². The van der Waals surface area contributed by atoms with Crippen molar-refractivity contribution in [3.63, 3.8) is 0 Å². The summed E-state index contributed by atoms with van der Waals surface area (Å²) in [4.78, 5) is 6.80. The van der Waals surface area contributed by atoms with Crippen LogP contribution in [0.1, 0.15) is 40.0 Å². The molecule has 0 spiro atoms. The fourth-order valence-corrected chi connectivity index (χ4v) is 2.60. The Labute approximate surface area is 118 Å². The van der Waals surface area contributed by atoms with Gasteiger partial charge in [-0.25, -0.2) is 0 Å². The van der Waals surface area contributed by atoms with E-state index in [9.17, 15) is 0 Å². The summed E-state index contributed by atoms with van der Waals surface area (Å²) in [7, 11) is 4.07. The summed E-state index contributed by atoms with van der Waals surface area (Å²) in [6.07, 6.45) is 3.66. The molecule has 112 valence electrons. The van der Waals surface area contributed by atoms with Crippen molar-refractivity contribution < 1.29 is 4.74 Å². The van der Waals surface area contributed by atoms with Gasteiger partial charge in [-0.2, -0.15) is 0 Å². The molecule has 19 heavy (non-hydrogen) atoms. The van der Waals surface area contributed by atoms with Crippen molar-refractivity contribution in [3.8, 4) is 0 Å². The van der Waals surface area contributed by atoms with Crippen molar-refractivity contribution in [1.82, 2.24) is 10.2 Å². The topological polar surface area (TPSA) is 36.9 Å². The van der Waals surface area contributed by atoms with Crippen LogP contribution in [0.2, 0.25) is 0 Å². The lowest BCUT2D eigenvalue weighted by molar-refractivity contribution is 0.0522. The van der Waals surface area contributed by atoms with Crippen molar-refractivity contribution in [2.75, 3.05) is 40.4 Å². The average Bonchev–Trinajstić information content (AvgIpc) is 2.34. The number of ether oxygens (including phenoxy) is 1. The van der Waals surface area contributed by atoms with Crippen LogP contribution in [0.25, 0.3) is 0 Å². The van der Waals surface area contributed by atoms with E-state index in [1.54, 1.807) is 0 Å². The van der Waals surface area contributed by atoms with Crippen molar-refractivity contribution in [2.24, 2.45) is 16.3 Å². The Morgan fingerprint density at radius 2 is 1.95 bits per heavy atom. The van der Waals surface area contributed by atoms with E-state index in [1.165, 1.54) is 19.3 Å². The second kappa shape index (κ2) is 7.73. The Morgan fingerprint density at radius 1 is 1.32 bits per heavy atom. The lowest BCUT2D eigenvalue weighted by atomic mass is 9.80. The Bertz CT molecular complexity index is 281. The Balaban J connectivity index is 2.49. The van der Waals surface area contributed by atoms with Gasteiger partial charge in [-0.15, -0.1) is 0 Å². The standard InChI is InChI=1S/C15H31N3O/c1-6-16-14(18(4)5)17-12-15(2,3)11-13-7-9-19-10-8-13/h13H,6-12H2,1-5H3,(H,16,17). The molecule has 0 aliphatic carbocycles. The first-order chi connectivity index (χ1) is 8.94. The van der Waals surface area contributed by atoms with Gasteiger partial charge in [-0.1, -0.05) is 13.8 Å². The summed E-state index contributed by atoms with van der Waals surface area (Å²) in [6, 6.07) is 0. The number of hydrogen-bond acceptors (Lipinski definition) is 2. The number of aliphatic imine (C=N–C) groups is 1. The molecule has 1 N–H and O–H groups in total. The predicted octanol–water partition coefficient (Wildman–Crippen LogP) is 2.36. The number of rotatable bonds is 5. The zero-order valence-electron chi connectivity index (χ0n) is 13.3. The summed E-state index contributed by atoms with van der Waals surface area (Å²) in [5, 5.41) is 3.31. The first kappa shape index (κ1) is 16.3. The molecule has 0 atom stereocenters. The molecule has 1 rings (SSSR count). The summed E-state index contributed by atoms with van der Waals surface area (Å²) in [5.41, 5.74) is 0.263. The van der Waals surface area contributed by atoms with E-state index in [4.69, 9.17) is 9.73 Å². The minimum Gasteiger partial charge on any atom is -0.381 e. The fraction of sp³-hybridized carbons (Fsp3) is 0.933. The summed E-state index contributed by atoms with van der Waals surface area (Å²) in [6.45, 7) is 10.4. The van der Waals surface area contributed by atoms with Crippen LogP contribution >= 0.6 is 0 Å². The lowest BCUT2D eigenvalue weighted by Crippen LogP contribution is -2.37. The molecule has 4 nitrogen and oxygen atoms in total. The Morgan fingerprint density at radius 3 is 2.47 bits per heavy atom.